The quantitative estimate of drug-likeness (QED) is 0.376. The molecule has 224 valence electrons. The fourth-order valence-electron chi connectivity index (χ4n) is 4.72. The molecule has 0 bridgehead atoms. The van der Waals surface area contributed by atoms with E-state index in [9.17, 15) is 28.3 Å². The Morgan fingerprint density at radius 1 is 1.10 bits per heavy atom. The lowest BCUT2D eigenvalue weighted by Gasteiger charge is -2.31. The molecule has 1 heterocycles. The van der Waals surface area contributed by atoms with Crippen LogP contribution in [0.1, 0.15) is 69.2 Å². The van der Waals surface area contributed by atoms with Gasteiger partial charge in [-0.15, -0.1) is 0 Å². The van der Waals surface area contributed by atoms with Crippen molar-refractivity contribution in [2.75, 3.05) is 18.5 Å². The van der Waals surface area contributed by atoms with Crippen LogP contribution in [-0.2, 0) is 27.4 Å². The molecule has 0 fully saturated rings. The molecule has 2 aromatic carbocycles. The van der Waals surface area contributed by atoms with Gasteiger partial charge in [-0.25, -0.2) is 4.79 Å². The summed E-state index contributed by atoms with van der Waals surface area (Å²) in [5.41, 5.74) is 2.79. The predicted molar refractivity (Wildman–Crippen MR) is 149 cm³/mol. The van der Waals surface area contributed by atoms with E-state index in [-0.39, 0.29) is 18.3 Å². The molecule has 0 aromatic heterocycles. The molecule has 41 heavy (non-hydrogen) atoms. The van der Waals surface area contributed by atoms with E-state index in [1.165, 1.54) is 11.9 Å². The lowest BCUT2D eigenvalue weighted by atomic mass is 10.0. The highest BCUT2D eigenvalue weighted by Gasteiger charge is 2.38. The Hall–Kier alpha value is -3.89. The smallest absolute Gasteiger partial charge is 0.410 e. The number of benzene rings is 2. The van der Waals surface area contributed by atoms with Crippen LogP contribution in [0.25, 0.3) is 0 Å². The molecule has 0 aliphatic carbocycles. The molecule has 0 saturated carbocycles. The Morgan fingerprint density at radius 3 is 2.37 bits per heavy atom. The van der Waals surface area contributed by atoms with Gasteiger partial charge in [0.2, 0.25) is 0 Å². The number of carboxylic acids is 1. The molecule has 2 aromatic rings. The molecule has 0 saturated heterocycles. The van der Waals surface area contributed by atoms with Gasteiger partial charge in [0.05, 0.1) is 6.42 Å². The van der Waals surface area contributed by atoms with Crippen molar-refractivity contribution >= 4 is 23.7 Å². The van der Waals surface area contributed by atoms with Crippen molar-refractivity contribution in [3.05, 3.63) is 52.6 Å². The first-order chi connectivity index (χ1) is 19.1. The van der Waals surface area contributed by atoms with E-state index < -0.39 is 42.6 Å². The van der Waals surface area contributed by atoms with Crippen LogP contribution in [0.15, 0.2) is 30.3 Å². The van der Waals surface area contributed by atoms with E-state index in [1.807, 2.05) is 20.8 Å². The number of aliphatic carboxylic acids is 1. The highest BCUT2D eigenvalue weighted by molar-refractivity contribution is 6.02. The summed E-state index contributed by atoms with van der Waals surface area (Å²) < 4.78 is 42.0. The third-order valence-electron chi connectivity index (χ3n) is 6.78. The number of ether oxygens (including phenoxy) is 3. The number of carbonyl (C=O) groups excluding carboxylic acids is 2. The summed E-state index contributed by atoms with van der Waals surface area (Å²) >= 11 is 0. The normalized spacial score (nSPS) is 13.7. The van der Waals surface area contributed by atoms with Crippen molar-refractivity contribution in [1.29, 1.82) is 0 Å². The van der Waals surface area contributed by atoms with Crippen LogP contribution in [-0.4, -0.2) is 59.8 Å². The molecular weight excluding hydrogens is 538 g/mol. The summed E-state index contributed by atoms with van der Waals surface area (Å²) in [4.78, 5) is 40.3. The molecule has 2 amide bonds. The summed E-state index contributed by atoms with van der Waals surface area (Å²) in [5, 5.41) is 9.46. The minimum absolute atomic E-state index is 0.00218. The summed E-state index contributed by atoms with van der Waals surface area (Å²) in [6, 6.07) is 7.28. The van der Waals surface area contributed by atoms with Crippen LogP contribution in [0.2, 0.25) is 0 Å². The Labute approximate surface area is 239 Å². The van der Waals surface area contributed by atoms with Crippen LogP contribution in [0, 0.1) is 6.92 Å². The van der Waals surface area contributed by atoms with E-state index in [1.54, 1.807) is 51.1 Å². The molecule has 0 unspecified atom stereocenters. The Morgan fingerprint density at radius 2 is 1.78 bits per heavy atom. The fourth-order valence-corrected chi connectivity index (χ4v) is 4.72. The van der Waals surface area contributed by atoms with Gasteiger partial charge in [0.15, 0.2) is 0 Å². The fraction of sp³-hybridized carbons (Fsp3) is 0.500. The van der Waals surface area contributed by atoms with Gasteiger partial charge in [-0.1, -0.05) is 26.0 Å². The SMILES string of the molecule is Cc1c(OCc2ccc(C(C)C)c(OC(F)F)c2)ccc2c1CCN2C(=O)[C@@H](CC(=O)O)N(C)C(=O)OC(C)(C)C. The molecule has 3 rings (SSSR count). The van der Waals surface area contributed by atoms with Gasteiger partial charge in [0.25, 0.3) is 5.91 Å². The van der Waals surface area contributed by atoms with E-state index >= 15 is 0 Å². The van der Waals surface area contributed by atoms with Crippen LogP contribution in [0.5, 0.6) is 11.5 Å². The molecule has 1 aliphatic rings. The topological polar surface area (TPSA) is 106 Å². The summed E-state index contributed by atoms with van der Waals surface area (Å²) in [5.74, 6) is -1.06. The van der Waals surface area contributed by atoms with Gasteiger partial charge < -0.3 is 24.2 Å². The number of likely N-dealkylation sites (N-methyl/N-ethyl adjacent to an activating group) is 1. The lowest BCUT2D eigenvalue weighted by molar-refractivity contribution is -0.140. The zero-order chi connectivity index (χ0) is 30.6. The van der Waals surface area contributed by atoms with Crippen molar-refractivity contribution in [1.82, 2.24) is 4.90 Å². The number of fused-ring (bicyclic) bond motifs is 1. The van der Waals surface area contributed by atoms with E-state index in [0.717, 1.165) is 16.0 Å². The largest absolute Gasteiger partial charge is 0.489 e. The molecule has 9 nitrogen and oxygen atoms in total. The van der Waals surface area contributed by atoms with E-state index in [4.69, 9.17) is 14.2 Å². The highest BCUT2D eigenvalue weighted by atomic mass is 19.3. The first kappa shape index (κ1) is 31.6. The molecule has 11 heteroatoms. The molecule has 1 N–H and O–H groups in total. The predicted octanol–water partition coefficient (Wildman–Crippen LogP) is 5.90. The maximum absolute atomic E-state index is 13.6. The Kier molecular flexibility index (Phi) is 9.83. The summed E-state index contributed by atoms with van der Waals surface area (Å²) in [6.45, 7) is 8.18. The number of amides is 2. The second-order valence-electron chi connectivity index (χ2n) is 11.3. The first-order valence-corrected chi connectivity index (χ1v) is 13.4. The average molecular weight is 577 g/mol. The van der Waals surface area contributed by atoms with Crippen molar-refractivity contribution in [2.45, 2.75) is 85.2 Å². The zero-order valence-electron chi connectivity index (χ0n) is 24.5. The second-order valence-corrected chi connectivity index (χ2v) is 11.3. The number of hydrogen-bond acceptors (Lipinski definition) is 6. The van der Waals surface area contributed by atoms with Gasteiger partial charge in [-0.3, -0.25) is 14.5 Å². The number of anilines is 1. The zero-order valence-corrected chi connectivity index (χ0v) is 24.5. The maximum atomic E-state index is 13.6. The number of halogens is 2. The van der Waals surface area contributed by atoms with Crippen molar-refractivity contribution in [2.24, 2.45) is 0 Å². The summed E-state index contributed by atoms with van der Waals surface area (Å²) in [6.07, 6.45) is -0.858. The lowest BCUT2D eigenvalue weighted by Crippen LogP contribution is -2.51. The van der Waals surface area contributed by atoms with Crippen LogP contribution in [0.4, 0.5) is 19.3 Å². The van der Waals surface area contributed by atoms with Crippen LogP contribution >= 0.6 is 0 Å². The highest BCUT2D eigenvalue weighted by Crippen LogP contribution is 2.37. The molecule has 0 spiro atoms. The van der Waals surface area contributed by atoms with Gasteiger partial charge in [-0.2, -0.15) is 8.78 Å². The minimum atomic E-state index is -2.94. The van der Waals surface area contributed by atoms with Crippen molar-refractivity contribution < 1.29 is 42.5 Å². The number of nitrogens with zero attached hydrogens (tertiary/aromatic N) is 2. The van der Waals surface area contributed by atoms with Gasteiger partial charge in [-0.05, 0) is 80.5 Å². The standard InChI is InChI=1S/C30H38F2N2O7/c1-17(2)20-9-8-19(14-25(20)40-28(31)32)16-39-24-11-10-22-21(18(24)3)12-13-34(22)27(37)23(15-26(35)36)33(7)29(38)41-30(4,5)6/h8-11,14,17,23,28H,12-13,15-16H2,1-7H3,(H,35,36)/t23-/m1/s1. The second kappa shape index (κ2) is 12.7. The monoisotopic (exact) mass is 576 g/mol. The molecule has 1 aliphatic heterocycles. The van der Waals surface area contributed by atoms with Crippen LogP contribution in [0.3, 0.4) is 0 Å². The number of rotatable bonds is 10. The Balaban J connectivity index is 1.80. The molecule has 1 atom stereocenters. The number of hydrogen-bond donors (Lipinski definition) is 1. The van der Waals surface area contributed by atoms with E-state index in [0.29, 0.717) is 35.5 Å². The van der Waals surface area contributed by atoms with Crippen LogP contribution < -0.4 is 14.4 Å². The third kappa shape index (κ3) is 7.86. The Bertz CT molecular complexity index is 1290. The molecule has 0 radical (unpaired) electrons. The summed E-state index contributed by atoms with van der Waals surface area (Å²) in [7, 11) is 1.35. The van der Waals surface area contributed by atoms with Gasteiger partial charge >= 0.3 is 18.7 Å². The third-order valence-corrected chi connectivity index (χ3v) is 6.78. The first-order valence-electron chi connectivity index (χ1n) is 13.4. The number of alkyl halides is 2. The average Bonchev–Trinajstić information content (AvgIpc) is 3.29. The molecular formula is C30H38F2N2O7. The number of carbonyl (C=O) groups is 3. The number of carboxylic acid groups (broad SMARTS) is 1. The van der Waals surface area contributed by atoms with Crippen molar-refractivity contribution in [3.63, 3.8) is 0 Å². The van der Waals surface area contributed by atoms with Gasteiger partial charge in [0.1, 0.15) is 29.7 Å². The van der Waals surface area contributed by atoms with E-state index in [2.05, 4.69) is 0 Å². The van der Waals surface area contributed by atoms with Gasteiger partial charge in [0, 0.05) is 19.3 Å². The van der Waals surface area contributed by atoms with Crippen molar-refractivity contribution in [3.8, 4) is 11.5 Å². The minimum Gasteiger partial charge on any atom is -0.489 e. The maximum Gasteiger partial charge on any atom is 0.410 e.